The van der Waals surface area contributed by atoms with E-state index in [1.54, 1.807) is 18.2 Å². The predicted molar refractivity (Wildman–Crippen MR) is 234 cm³/mol. The van der Waals surface area contributed by atoms with Crippen LogP contribution in [0.3, 0.4) is 0 Å². The van der Waals surface area contributed by atoms with Crippen LogP contribution >= 0.6 is 11.7 Å². The van der Waals surface area contributed by atoms with Crippen molar-refractivity contribution in [3.05, 3.63) is 108 Å². The van der Waals surface area contributed by atoms with Gasteiger partial charge in [-0.2, -0.15) is 14.0 Å². The van der Waals surface area contributed by atoms with Crippen LogP contribution in [-0.4, -0.2) is 33.0 Å². The number of aromatic nitrogens is 2. The zero-order chi connectivity index (χ0) is 40.5. The topological polar surface area (TPSA) is 122 Å². The van der Waals surface area contributed by atoms with E-state index < -0.39 is 11.5 Å². The van der Waals surface area contributed by atoms with Gasteiger partial charge in [0.15, 0.2) is 11.5 Å². The van der Waals surface area contributed by atoms with Crippen LogP contribution in [0.2, 0.25) is 0 Å². The summed E-state index contributed by atoms with van der Waals surface area (Å²) in [6.45, 7) is 5.38. The lowest BCUT2D eigenvalue weighted by Crippen LogP contribution is -2.09. The number of furan rings is 1. The van der Waals surface area contributed by atoms with Crippen molar-refractivity contribution in [2.45, 2.75) is 90.9 Å². The van der Waals surface area contributed by atoms with Gasteiger partial charge in [0.2, 0.25) is 0 Å². The fraction of sp³-hybridized carbons (Fsp3) is 0.333. The Labute approximate surface area is 345 Å². The molecule has 0 fully saturated rings. The first kappa shape index (κ1) is 41.7. The van der Waals surface area contributed by atoms with E-state index in [2.05, 4.69) is 67.3 Å². The highest BCUT2D eigenvalue weighted by atomic mass is 32.1. The molecule has 6 aromatic rings. The van der Waals surface area contributed by atoms with Crippen molar-refractivity contribution in [2.24, 2.45) is 0 Å². The predicted octanol–water partition coefficient (Wildman–Crippen LogP) is 13.6. The molecule has 0 spiro atoms. The summed E-state index contributed by atoms with van der Waals surface area (Å²) in [6, 6.07) is 34.2. The van der Waals surface area contributed by atoms with E-state index in [0.717, 1.165) is 78.4 Å². The molecule has 0 saturated heterocycles. The molecule has 4 aromatic carbocycles. The molecule has 0 radical (unpaired) electrons. The number of fused-ring (bicyclic) bond motifs is 1. The van der Waals surface area contributed by atoms with E-state index in [4.69, 9.17) is 22.6 Å². The van der Waals surface area contributed by atoms with Gasteiger partial charge in [-0.3, -0.25) is 0 Å². The average molecular weight is 797 g/mol. The number of hydrogen-bond donors (Lipinski definition) is 1. The Hall–Kier alpha value is -5.92. The summed E-state index contributed by atoms with van der Waals surface area (Å²) in [5, 5.41) is 19.0. The number of carboxylic acid groups (broad SMARTS) is 1. The van der Waals surface area contributed by atoms with Crippen LogP contribution in [0.15, 0.2) is 107 Å². The SMILES string of the molecule is CCCCCCCCOc1c(OCCCCCCCC)c(-c2ccc(/C=C(/C#N)C(=O)O)o2)c2nsnc2c1-c1ccc(N(c2ccccc2)c2ccccc2)cc1. The lowest BCUT2D eigenvalue weighted by Gasteiger charge is -2.26. The molecule has 1 N–H and O–H groups in total. The second-order valence-corrected chi connectivity index (χ2v) is 14.9. The second kappa shape index (κ2) is 21.6. The molecular formula is C48H52N4O5S. The standard InChI is InChI=1S/C48H52N4O5S/c1-3-5-7-9-11-19-31-55-46-42(35-25-27-39(28-26-35)52(37-21-15-13-16-22-37)38-23-17-14-18-24-38)44-45(51-58-50-44)43(47(46)56-32-20-12-10-8-6-4-2)41-30-29-40(57-41)33-36(34-49)48(53)54/h13-18,21-30,33H,3-12,19-20,31-32H2,1-2H3,(H,53,54)/b36-33-. The molecule has 0 aliphatic carbocycles. The van der Waals surface area contributed by atoms with Gasteiger partial charge < -0.3 is 23.9 Å². The molecule has 0 atom stereocenters. The third kappa shape index (κ3) is 10.5. The number of aliphatic carboxylic acids is 1. The van der Waals surface area contributed by atoms with Gasteiger partial charge in [-0.05, 0) is 66.9 Å². The molecule has 10 heteroatoms. The highest BCUT2D eigenvalue weighted by Gasteiger charge is 2.29. The van der Waals surface area contributed by atoms with Crippen molar-refractivity contribution in [2.75, 3.05) is 18.1 Å². The molecule has 0 aliphatic heterocycles. The molecule has 0 unspecified atom stereocenters. The fourth-order valence-corrected chi connectivity index (χ4v) is 7.63. The quantitative estimate of drug-likeness (QED) is 0.0383. The Morgan fingerprint density at radius 3 is 1.72 bits per heavy atom. The minimum atomic E-state index is -1.33. The monoisotopic (exact) mass is 796 g/mol. The molecule has 0 bridgehead atoms. The molecule has 2 aromatic heterocycles. The van der Waals surface area contributed by atoms with E-state index >= 15 is 0 Å². The first-order valence-electron chi connectivity index (χ1n) is 20.6. The fourth-order valence-electron chi connectivity index (χ4n) is 7.07. The molecule has 58 heavy (non-hydrogen) atoms. The van der Waals surface area contributed by atoms with E-state index in [1.165, 1.54) is 44.6 Å². The normalized spacial score (nSPS) is 11.4. The first-order valence-corrected chi connectivity index (χ1v) is 21.3. The smallest absolute Gasteiger partial charge is 0.346 e. The maximum Gasteiger partial charge on any atom is 0.346 e. The largest absolute Gasteiger partial charge is 0.489 e. The lowest BCUT2D eigenvalue weighted by atomic mass is 9.97. The minimum absolute atomic E-state index is 0.225. The summed E-state index contributed by atoms with van der Waals surface area (Å²) in [5.74, 6) is 0.394. The second-order valence-electron chi connectivity index (χ2n) is 14.3. The third-order valence-corrected chi connectivity index (χ3v) is 10.6. The number of benzene rings is 4. The van der Waals surface area contributed by atoms with Crippen molar-refractivity contribution >= 4 is 51.9 Å². The van der Waals surface area contributed by atoms with E-state index in [1.807, 2.05) is 36.4 Å². The summed E-state index contributed by atoms with van der Waals surface area (Å²) >= 11 is 1.10. The number of hydrogen-bond acceptors (Lipinski definition) is 9. The van der Waals surface area contributed by atoms with Crippen LogP contribution in [0.5, 0.6) is 11.5 Å². The van der Waals surface area contributed by atoms with E-state index in [0.29, 0.717) is 47.1 Å². The van der Waals surface area contributed by atoms with Gasteiger partial charge >= 0.3 is 5.97 Å². The third-order valence-electron chi connectivity index (χ3n) is 10.1. The molecule has 2 heterocycles. The van der Waals surface area contributed by atoms with Crippen LogP contribution in [0.25, 0.3) is 39.6 Å². The summed E-state index contributed by atoms with van der Waals surface area (Å²) in [7, 11) is 0. The summed E-state index contributed by atoms with van der Waals surface area (Å²) in [4.78, 5) is 13.9. The molecule has 6 rings (SSSR count). The number of nitriles is 1. The Balaban J connectivity index is 1.47. The molecule has 9 nitrogen and oxygen atoms in total. The number of anilines is 3. The highest BCUT2D eigenvalue weighted by Crippen LogP contribution is 2.51. The molecule has 0 saturated carbocycles. The zero-order valence-electron chi connectivity index (χ0n) is 33.5. The zero-order valence-corrected chi connectivity index (χ0v) is 34.3. The van der Waals surface area contributed by atoms with Crippen LogP contribution < -0.4 is 14.4 Å². The Kier molecular flexibility index (Phi) is 15.5. The molecule has 0 amide bonds. The van der Waals surface area contributed by atoms with Gasteiger partial charge in [-0.15, -0.1) is 0 Å². The lowest BCUT2D eigenvalue weighted by molar-refractivity contribution is -0.132. The van der Waals surface area contributed by atoms with Crippen LogP contribution in [0.1, 0.15) is 96.7 Å². The number of para-hydroxylation sites is 2. The van der Waals surface area contributed by atoms with Crippen molar-refractivity contribution in [3.8, 4) is 40.0 Å². The number of ether oxygens (including phenoxy) is 2. The maximum absolute atomic E-state index is 11.7. The molecular weight excluding hydrogens is 745 g/mol. The van der Waals surface area contributed by atoms with E-state index in [9.17, 15) is 15.2 Å². The first-order chi connectivity index (χ1) is 28.5. The van der Waals surface area contributed by atoms with Gasteiger partial charge in [-0.1, -0.05) is 127 Å². The summed E-state index contributed by atoms with van der Waals surface area (Å²) in [5.41, 5.74) is 6.17. The van der Waals surface area contributed by atoms with Gasteiger partial charge in [0, 0.05) is 23.1 Å². The minimum Gasteiger partial charge on any atom is -0.489 e. The maximum atomic E-state index is 11.7. The van der Waals surface area contributed by atoms with Crippen LogP contribution in [0.4, 0.5) is 17.1 Å². The van der Waals surface area contributed by atoms with Crippen molar-refractivity contribution < 1.29 is 23.8 Å². The van der Waals surface area contributed by atoms with Crippen molar-refractivity contribution in [1.29, 1.82) is 5.26 Å². The van der Waals surface area contributed by atoms with Crippen molar-refractivity contribution in [1.82, 2.24) is 8.75 Å². The Bertz CT molecular complexity index is 2240. The van der Waals surface area contributed by atoms with Gasteiger partial charge in [0.25, 0.3) is 0 Å². The van der Waals surface area contributed by atoms with E-state index in [-0.39, 0.29) is 5.76 Å². The Morgan fingerprint density at radius 2 is 1.19 bits per heavy atom. The number of nitrogens with zero attached hydrogens (tertiary/aromatic N) is 4. The highest BCUT2D eigenvalue weighted by molar-refractivity contribution is 7.00. The van der Waals surface area contributed by atoms with Gasteiger partial charge in [0.05, 0.1) is 36.1 Å². The number of unbranched alkanes of at least 4 members (excludes halogenated alkanes) is 10. The summed E-state index contributed by atoms with van der Waals surface area (Å²) in [6.07, 6.45) is 14.6. The average Bonchev–Trinajstić information content (AvgIpc) is 3.93. The number of rotatable bonds is 23. The Morgan fingerprint density at radius 1 is 0.690 bits per heavy atom. The van der Waals surface area contributed by atoms with Gasteiger partial charge in [0.1, 0.15) is 34.2 Å². The van der Waals surface area contributed by atoms with Crippen molar-refractivity contribution in [3.63, 3.8) is 0 Å². The van der Waals surface area contributed by atoms with Crippen LogP contribution in [0, 0.1) is 11.3 Å². The molecule has 300 valence electrons. The number of carbonyl (C=O) groups is 1. The van der Waals surface area contributed by atoms with Gasteiger partial charge in [-0.25, -0.2) is 4.79 Å². The summed E-state index contributed by atoms with van der Waals surface area (Å²) < 4.78 is 29.5. The van der Waals surface area contributed by atoms with Crippen LogP contribution in [-0.2, 0) is 4.79 Å². The number of carboxylic acids is 1. The molecule has 0 aliphatic rings.